The van der Waals surface area contributed by atoms with Crippen molar-refractivity contribution in [1.29, 1.82) is 0 Å². The third kappa shape index (κ3) is 4.82. The molecule has 0 bridgehead atoms. The van der Waals surface area contributed by atoms with E-state index in [-0.39, 0.29) is 5.69 Å². The number of thiophene rings is 1. The molecule has 2 N–H and O–H groups in total. The second-order valence-corrected chi connectivity index (χ2v) is 5.16. The Labute approximate surface area is 126 Å². The van der Waals surface area contributed by atoms with Crippen molar-refractivity contribution in [3.05, 3.63) is 56.8 Å². The molecule has 1 aromatic carbocycles. The lowest BCUT2D eigenvalue weighted by molar-refractivity contribution is -0.384. The number of aliphatic hydroxyl groups is 1. The highest BCUT2D eigenvalue weighted by Crippen LogP contribution is 2.17. The first-order valence-electron chi connectivity index (χ1n) is 6.45. The van der Waals surface area contributed by atoms with E-state index in [9.17, 15) is 15.2 Å². The van der Waals surface area contributed by atoms with Crippen LogP contribution in [-0.2, 0) is 0 Å². The molecule has 1 aromatic heterocycles. The molecule has 112 valence electrons. The summed E-state index contributed by atoms with van der Waals surface area (Å²) in [6, 6.07) is 7.84. The lowest BCUT2D eigenvalue weighted by Gasteiger charge is -2.11. The highest BCUT2D eigenvalue weighted by atomic mass is 32.1. The predicted molar refractivity (Wildman–Crippen MR) is 80.7 cm³/mol. The van der Waals surface area contributed by atoms with Gasteiger partial charge in [0.25, 0.3) is 5.69 Å². The highest BCUT2D eigenvalue weighted by molar-refractivity contribution is 7.07. The normalized spacial score (nSPS) is 12.0. The maximum absolute atomic E-state index is 10.5. The Hall–Kier alpha value is -1.96. The van der Waals surface area contributed by atoms with Crippen LogP contribution in [0.3, 0.4) is 0 Å². The van der Waals surface area contributed by atoms with Crippen LogP contribution in [-0.4, -0.2) is 29.7 Å². The quantitative estimate of drug-likeness (QED) is 0.444. The molecule has 0 aliphatic heterocycles. The number of nitro groups is 1. The van der Waals surface area contributed by atoms with Gasteiger partial charge in [-0.1, -0.05) is 0 Å². The molecule has 0 saturated heterocycles. The zero-order valence-corrected chi connectivity index (χ0v) is 12.1. The van der Waals surface area contributed by atoms with Crippen molar-refractivity contribution in [3.8, 4) is 5.75 Å². The number of rotatable bonds is 8. The summed E-state index contributed by atoms with van der Waals surface area (Å²) in [6.07, 6.45) is -0.518. The Morgan fingerprint density at radius 1 is 1.33 bits per heavy atom. The second kappa shape index (κ2) is 7.72. The van der Waals surface area contributed by atoms with Gasteiger partial charge in [-0.25, -0.2) is 0 Å². The summed E-state index contributed by atoms with van der Waals surface area (Å²) in [5, 5.41) is 27.3. The Bertz CT molecular complexity index is 557. The molecule has 1 atom stereocenters. The van der Waals surface area contributed by atoms with Crippen LogP contribution in [0, 0.1) is 10.1 Å². The molecular weight excluding hydrogens is 292 g/mol. The van der Waals surface area contributed by atoms with Gasteiger partial charge in [0.1, 0.15) is 12.4 Å². The molecule has 0 aliphatic carbocycles. The molecular formula is C14H16N2O4S. The Kier molecular flexibility index (Phi) is 5.68. The number of ether oxygens (including phenoxy) is 1. The monoisotopic (exact) mass is 308 g/mol. The smallest absolute Gasteiger partial charge is 0.269 e. The number of benzene rings is 1. The van der Waals surface area contributed by atoms with E-state index in [0.717, 1.165) is 5.56 Å². The first-order chi connectivity index (χ1) is 10.2. The maximum Gasteiger partial charge on any atom is 0.269 e. The van der Waals surface area contributed by atoms with E-state index >= 15 is 0 Å². The molecule has 0 amide bonds. The first kappa shape index (κ1) is 15.4. The van der Waals surface area contributed by atoms with Gasteiger partial charge < -0.3 is 15.2 Å². The predicted octanol–water partition coefficient (Wildman–Crippen LogP) is 2.36. The number of nitrogens with one attached hydrogen (secondary N) is 1. The summed E-state index contributed by atoms with van der Waals surface area (Å²) >= 11 is 1.55. The van der Waals surface area contributed by atoms with Crippen LogP contribution in [0.1, 0.15) is 11.7 Å². The van der Waals surface area contributed by atoms with Crippen molar-refractivity contribution >= 4 is 17.0 Å². The number of nitrogens with zero attached hydrogens (tertiary/aromatic N) is 1. The van der Waals surface area contributed by atoms with Crippen LogP contribution >= 0.6 is 11.3 Å². The van der Waals surface area contributed by atoms with Gasteiger partial charge in [-0.2, -0.15) is 11.3 Å². The summed E-state index contributed by atoms with van der Waals surface area (Å²) in [4.78, 5) is 10.1. The van der Waals surface area contributed by atoms with Gasteiger partial charge in [0.05, 0.1) is 11.0 Å². The molecule has 1 unspecified atom stereocenters. The minimum absolute atomic E-state index is 0.0411. The Morgan fingerprint density at radius 3 is 2.71 bits per heavy atom. The number of hydrogen-bond acceptors (Lipinski definition) is 6. The van der Waals surface area contributed by atoms with Gasteiger partial charge in [-0.05, 0) is 34.5 Å². The second-order valence-electron chi connectivity index (χ2n) is 4.38. The summed E-state index contributed by atoms with van der Waals surface area (Å²) in [5.41, 5.74) is 0.947. The van der Waals surface area contributed by atoms with Crippen LogP contribution in [0.4, 0.5) is 5.69 Å². The molecule has 0 saturated carbocycles. The molecule has 1 heterocycles. The van der Waals surface area contributed by atoms with E-state index in [1.807, 2.05) is 16.8 Å². The van der Waals surface area contributed by atoms with Crippen molar-refractivity contribution in [2.45, 2.75) is 6.10 Å². The van der Waals surface area contributed by atoms with Gasteiger partial charge in [0.15, 0.2) is 0 Å². The fraction of sp³-hybridized carbons (Fsp3) is 0.286. The van der Waals surface area contributed by atoms with E-state index in [1.165, 1.54) is 12.1 Å². The van der Waals surface area contributed by atoms with Gasteiger partial charge >= 0.3 is 0 Å². The Morgan fingerprint density at radius 2 is 2.10 bits per heavy atom. The molecule has 6 nitrogen and oxygen atoms in total. The molecule has 21 heavy (non-hydrogen) atoms. The van der Waals surface area contributed by atoms with Crippen LogP contribution in [0.5, 0.6) is 5.75 Å². The summed E-state index contributed by atoms with van der Waals surface area (Å²) in [7, 11) is 0. The number of aliphatic hydroxyl groups excluding tert-OH is 1. The van der Waals surface area contributed by atoms with E-state index < -0.39 is 11.0 Å². The maximum atomic E-state index is 10.5. The molecule has 2 aromatic rings. The third-order valence-electron chi connectivity index (χ3n) is 2.86. The van der Waals surface area contributed by atoms with Gasteiger partial charge in [-0.15, -0.1) is 0 Å². The number of non-ortho nitro benzene ring substituents is 1. The minimum atomic E-state index is -0.518. The van der Waals surface area contributed by atoms with Crippen LogP contribution in [0.2, 0.25) is 0 Å². The lowest BCUT2D eigenvalue weighted by atomic mass is 10.2. The molecule has 0 radical (unpaired) electrons. The van der Waals surface area contributed by atoms with Gasteiger partial charge in [0.2, 0.25) is 0 Å². The van der Waals surface area contributed by atoms with E-state index in [4.69, 9.17) is 4.74 Å². The third-order valence-corrected chi connectivity index (χ3v) is 3.56. The average Bonchev–Trinajstić information content (AvgIpc) is 3.01. The van der Waals surface area contributed by atoms with E-state index in [1.54, 1.807) is 23.5 Å². The zero-order valence-electron chi connectivity index (χ0n) is 11.3. The molecule has 7 heteroatoms. The molecule has 0 spiro atoms. The summed E-state index contributed by atoms with van der Waals surface area (Å²) in [5.74, 6) is 0.584. The fourth-order valence-electron chi connectivity index (χ4n) is 1.73. The van der Waals surface area contributed by atoms with Crippen molar-refractivity contribution in [2.75, 3.05) is 19.7 Å². The summed E-state index contributed by atoms with van der Waals surface area (Å²) in [6.45, 7) is 1.46. The van der Waals surface area contributed by atoms with Crippen molar-refractivity contribution < 1.29 is 14.8 Å². The topological polar surface area (TPSA) is 84.6 Å². The lowest BCUT2D eigenvalue weighted by Crippen LogP contribution is -2.26. The number of hydrogen-bond donors (Lipinski definition) is 2. The zero-order chi connectivity index (χ0) is 15.1. The van der Waals surface area contributed by atoms with E-state index in [2.05, 4.69) is 5.32 Å². The van der Waals surface area contributed by atoms with E-state index in [0.29, 0.717) is 25.4 Å². The average molecular weight is 308 g/mol. The fourth-order valence-corrected chi connectivity index (χ4v) is 2.43. The molecule has 2 rings (SSSR count). The van der Waals surface area contributed by atoms with Crippen LogP contribution in [0.15, 0.2) is 41.1 Å². The van der Waals surface area contributed by atoms with Crippen LogP contribution in [0.25, 0.3) is 0 Å². The van der Waals surface area contributed by atoms with Gasteiger partial charge in [0, 0.05) is 25.2 Å². The van der Waals surface area contributed by atoms with Crippen LogP contribution < -0.4 is 10.1 Å². The molecule has 0 aliphatic rings. The summed E-state index contributed by atoms with van der Waals surface area (Å²) < 4.78 is 5.45. The standard InChI is InChI=1S/C14H16N2O4S/c17-14(11-5-8-21-10-11)9-15-6-7-20-13-3-1-12(2-4-13)16(18)19/h1-5,8,10,14-15,17H,6-7,9H2. The van der Waals surface area contributed by atoms with Gasteiger partial charge in [-0.3, -0.25) is 10.1 Å². The first-order valence-corrected chi connectivity index (χ1v) is 7.39. The molecule has 0 fully saturated rings. The van der Waals surface area contributed by atoms with Crippen molar-refractivity contribution in [2.24, 2.45) is 0 Å². The Balaban J connectivity index is 1.64. The largest absolute Gasteiger partial charge is 0.492 e. The van der Waals surface area contributed by atoms with Crippen molar-refractivity contribution in [1.82, 2.24) is 5.32 Å². The minimum Gasteiger partial charge on any atom is -0.492 e. The SMILES string of the molecule is O=[N+]([O-])c1ccc(OCCNCC(O)c2ccsc2)cc1. The number of nitro benzene ring substituents is 1. The highest BCUT2D eigenvalue weighted by Gasteiger charge is 2.07. The van der Waals surface area contributed by atoms with Crippen molar-refractivity contribution in [3.63, 3.8) is 0 Å².